The third-order valence-electron chi connectivity index (χ3n) is 3.27. The van der Waals surface area contributed by atoms with Crippen molar-refractivity contribution >= 4 is 5.78 Å². The molecule has 70 valence electrons. The van der Waals surface area contributed by atoms with Gasteiger partial charge in [0.1, 0.15) is 5.78 Å². The zero-order valence-corrected chi connectivity index (χ0v) is 7.97. The number of aliphatic hydroxyl groups is 1. The van der Waals surface area contributed by atoms with Gasteiger partial charge >= 0.3 is 0 Å². The van der Waals surface area contributed by atoms with Crippen molar-refractivity contribution in [1.29, 1.82) is 0 Å². The Kier molecular flexibility index (Phi) is 2.89. The molecule has 0 aliphatic heterocycles. The number of hydrogen-bond acceptors (Lipinski definition) is 2. The normalized spacial score (nSPS) is 33.4. The first-order valence-electron chi connectivity index (χ1n) is 4.71. The molecule has 1 fully saturated rings. The molecule has 0 aromatic carbocycles. The fourth-order valence-electron chi connectivity index (χ4n) is 1.96. The van der Waals surface area contributed by atoms with Crippen molar-refractivity contribution in [3.63, 3.8) is 0 Å². The van der Waals surface area contributed by atoms with E-state index in [-0.39, 0.29) is 17.9 Å². The summed E-state index contributed by atoms with van der Waals surface area (Å²) in [7, 11) is 0. The van der Waals surface area contributed by atoms with Crippen molar-refractivity contribution in [3.05, 3.63) is 0 Å². The summed E-state index contributed by atoms with van der Waals surface area (Å²) in [4.78, 5) is 11.2. The second kappa shape index (κ2) is 3.56. The minimum Gasteiger partial charge on any atom is -0.396 e. The smallest absolute Gasteiger partial charge is 0.133 e. The van der Waals surface area contributed by atoms with E-state index in [4.69, 9.17) is 5.11 Å². The maximum atomic E-state index is 11.2. The Bertz CT molecular complexity index is 177. The Hall–Kier alpha value is -0.370. The molecular weight excluding hydrogens is 152 g/mol. The molecule has 0 amide bonds. The molecule has 0 bridgehead atoms. The molecule has 2 atom stereocenters. The van der Waals surface area contributed by atoms with Crippen LogP contribution in [0.1, 0.15) is 39.5 Å². The standard InChI is InChI=1S/C10H18O2/c1-8(7-11)10(2)5-3-4-9(12)6-10/h8,11H,3-7H2,1-2H3. The minimum atomic E-state index is 0.0596. The highest BCUT2D eigenvalue weighted by Gasteiger charge is 2.35. The lowest BCUT2D eigenvalue weighted by Crippen LogP contribution is -2.33. The Morgan fingerprint density at radius 1 is 1.67 bits per heavy atom. The molecule has 0 spiro atoms. The van der Waals surface area contributed by atoms with Gasteiger partial charge in [0.2, 0.25) is 0 Å². The molecule has 1 N–H and O–H groups in total. The fraction of sp³-hybridized carbons (Fsp3) is 0.900. The number of carbonyl (C=O) groups excluding carboxylic acids is 1. The predicted molar refractivity (Wildman–Crippen MR) is 47.8 cm³/mol. The summed E-state index contributed by atoms with van der Waals surface area (Å²) in [5, 5.41) is 9.03. The van der Waals surface area contributed by atoms with Gasteiger partial charge in [-0.3, -0.25) is 4.79 Å². The first-order chi connectivity index (χ1) is 5.58. The summed E-state index contributed by atoms with van der Waals surface area (Å²) in [6, 6.07) is 0. The van der Waals surface area contributed by atoms with Gasteiger partial charge in [-0.2, -0.15) is 0 Å². The van der Waals surface area contributed by atoms with Crippen molar-refractivity contribution < 1.29 is 9.90 Å². The van der Waals surface area contributed by atoms with Crippen LogP contribution in [0.25, 0.3) is 0 Å². The van der Waals surface area contributed by atoms with Crippen LogP contribution in [0.3, 0.4) is 0 Å². The SMILES string of the molecule is CC(CO)C1(C)CCCC(=O)C1. The predicted octanol–water partition coefficient (Wildman–Crippen LogP) is 1.76. The zero-order chi connectivity index (χ0) is 9.19. The summed E-state index contributed by atoms with van der Waals surface area (Å²) in [5.41, 5.74) is 0.0596. The lowest BCUT2D eigenvalue weighted by Gasteiger charge is -2.37. The van der Waals surface area contributed by atoms with Gasteiger partial charge in [-0.05, 0) is 24.2 Å². The Balaban J connectivity index is 2.62. The first kappa shape index (κ1) is 9.72. The lowest BCUT2D eigenvalue weighted by molar-refractivity contribution is -0.124. The minimum absolute atomic E-state index is 0.0596. The highest BCUT2D eigenvalue weighted by molar-refractivity contribution is 5.79. The lowest BCUT2D eigenvalue weighted by atomic mass is 9.68. The highest BCUT2D eigenvalue weighted by Crippen LogP contribution is 2.40. The Morgan fingerprint density at radius 2 is 2.33 bits per heavy atom. The fourth-order valence-corrected chi connectivity index (χ4v) is 1.96. The van der Waals surface area contributed by atoms with Crippen molar-refractivity contribution in [2.45, 2.75) is 39.5 Å². The van der Waals surface area contributed by atoms with Gasteiger partial charge in [0.15, 0.2) is 0 Å². The van der Waals surface area contributed by atoms with Crippen LogP contribution in [-0.2, 0) is 4.79 Å². The van der Waals surface area contributed by atoms with Crippen LogP contribution in [0.5, 0.6) is 0 Å². The topological polar surface area (TPSA) is 37.3 Å². The van der Waals surface area contributed by atoms with Gasteiger partial charge in [-0.15, -0.1) is 0 Å². The number of ketones is 1. The van der Waals surface area contributed by atoms with Gasteiger partial charge in [-0.25, -0.2) is 0 Å². The van der Waals surface area contributed by atoms with E-state index in [0.717, 1.165) is 19.3 Å². The number of carbonyl (C=O) groups is 1. The van der Waals surface area contributed by atoms with Crippen molar-refractivity contribution in [2.24, 2.45) is 11.3 Å². The molecule has 2 unspecified atom stereocenters. The largest absolute Gasteiger partial charge is 0.396 e. The monoisotopic (exact) mass is 170 g/mol. The number of aliphatic hydroxyl groups excluding tert-OH is 1. The van der Waals surface area contributed by atoms with Gasteiger partial charge in [0.25, 0.3) is 0 Å². The quantitative estimate of drug-likeness (QED) is 0.685. The second-order valence-electron chi connectivity index (χ2n) is 4.31. The molecule has 0 aromatic heterocycles. The van der Waals surface area contributed by atoms with E-state index in [1.54, 1.807) is 0 Å². The van der Waals surface area contributed by atoms with E-state index < -0.39 is 0 Å². The zero-order valence-electron chi connectivity index (χ0n) is 7.97. The average molecular weight is 170 g/mol. The van der Waals surface area contributed by atoms with E-state index in [0.29, 0.717) is 12.2 Å². The Morgan fingerprint density at radius 3 is 2.83 bits per heavy atom. The third-order valence-corrected chi connectivity index (χ3v) is 3.27. The first-order valence-corrected chi connectivity index (χ1v) is 4.71. The molecular formula is C10H18O2. The molecule has 0 saturated heterocycles. The molecule has 1 aliphatic carbocycles. The highest BCUT2D eigenvalue weighted by atomic mass is 16.3. The summed E-state index contributed by atoms with van der Waals surface area (Å²) >= 11 is 0. The Labute approximate surface area is 74.0 Å². The number of Topliss-reactive ketones (excluding diaryl/α,β-unsaturated/α-hetero) is 1. The van der Waals surface area contributed by atoms with Gasteiger partial charge in [-0.1, -0.05) is 13.8 Å². The van der Waals surface area contributed by atoms with Gasteiger partial charge in [0, 0.05) is 19.4 Å². The van der Waals surface area contributed by atoms with E-state index in [2.05, 4.69) is 6.92 Å². The van der Waals surface area contributed by atoms with Crippen molar-refractivity contribution in [3.8, 4) is 0 Å². The third kappa shape index (κ3) is 1.86. The average Bonchev–Trinajstić information content (AvgIpc) is 2.02. The summed E-state index contributed by atoms with van der Waals surface area (Å²) in [6.45, 7) is 4.34. The maximum Gasteiger partial charge on any atom is 0.133 e. The second-order valence-corrected chi connectivity index (χ2v) is 4.31. The molecule has 0 aromatic rings. The van der Waals surface area contributed by atoms with Crippen molar-refractivity contribution in [2.75, 3.05) is 6.61 Å². The summed E-state index contributed by atoms with van der Waals surface area (Å²) in [5.74, 6) is 0.616. The van der Waals surface area contributed by atoms with Crippen LogP contribution < -0.4 is 0 Å². The van der Waals surface area contributed by atoms with Crippen LogP contribution in [0.2, 0.25) is 0 Å². The molecule has 1 saturated carbocycles. The van der Waals surface area contributed by atoms with E-state index >= 15 is 0 Å². The van der Waals surface area contributed by atoms with E-state index in [1.165, 1.54) is 0 Å². The van der Waals surface area contributed by atoms with Crippen LogP contribution in [0.4, 0.5) is 0 Å². The van der Waals surface area contributed by atoms with Crippen LogP contribution in [0, 0.1) is 11.3 Å². The molecule has 0 heterocycles. The molecule has 1 rings (SSSR count). The molecule has 12 heavy (non-hydrogen) atoms. The summed E-state index contributed by atoms with van der Waals surface area (Å²) < 4.78 is 0. The number of hydrogen-bond donors (Lipinski definition) is 1. The maximum absolute atomic E-state index is 11.2. The number of rotatable bonds is 2. The summed E-state index contributed by atoms with van der Waals surface area (Å²) in [6.07, 6.45) is 3.49. The molecule has 0 radical (unpaired) electrons. The molecule has 1 aliphatic rings. The van der Waals surface area contributed by atoms with Gasteiger partial charge in [0.05, 0.1) is 0 Å². The van der Waals surface area contributed by atoms with E-state index in [1.807, 2.05) is 6.92 Å². The van der Waals surface area contributed by atoms with Gasteiger partial charge < -0.3 is 5.11 Å². The molecule has 2 heteroatoms. The van der Waals surface area contributed by atoms with Crippen molar-refractivity contribution in [1.82, 2.24) is 0 Å². The van der Waals surface area contributed by atoms with Crippen LogP contribution in [0.15, 0.2) is 0 Å². The molecule has 2 nitrogen and oxygen atoms in total. The van der Waals surface area contributed by atoms with Crippen LogP contribution >= 0.6 is 0 Å². The van der Waals surface area contributed by atoms with Crippen LogP contribution in [-0.4, -0.2) is 17.5 Å². The van der Waals surface area contributed by atoms with E-state index in [9.17, 15) is 4.79 Å².